The van der Waals surface area contributed by atoms with E-state index in [9.17, 15) is 12.8 Å². The summed E-state index contributed by atoms with van der Waals surface area (Å²) in [5.41, 5.74) is 1.96. The summed E-state index contributed by atoms with van der Waals surface area (Å²) in [4.78, 5) is 4.13. The van der Waals surface area contributed by atoms with E-state index in [4.69, 9.17) is 16.3 Å². The third-order valence-corrected chi connectivity index (χ3v) is 5.73. The predicted molar refractivity (Wildman–Crippen MR) is 98.5 cm³/mol. The lowest BCUT2D eigenvalue weighted by atomic mass is 10.1. The van der Waals surface area contributed by atoms with Gasteiger partial charge < -0.3 is 4.74 Å². The van der Waals surface area contributed by atoms with Crippen LogP contribution in [0.3, 0.4) is 0 Å². The van der Waals surface area contributed by atoms with Crippen LogP contribution in [0.5, 0.6) is 5.75 Å². The summed E-state index contributed by atoms with van der Waals surface area (Å²) in [7, 11) is -2.29. The molecule has 4 nitrogen and oxygen atoms in total. The number of sulfone groups is 1. The second-order valence-corrected chi connectivity index (χ2v) is 8.04. The van der Waals surface area contributed by atoms with E-state index in [-0.39, 0.29) is 22.2 Å². The van der Waals surface area contributed by atoms with Crippen LogP contribution in [-0.4, -0.2) is 20.5 Å². The lowest BCUT2D eigenvalue weighted by Gasteiger charge is -2.11. The highest BCUT2D eigenvalue weighted by atomic mass is 35.5. The monoisotopic (exact) mass is 391 g/mol. The molecule has 0 fully saturated rings. The number of ether oxygens (including phenoxy) is 1. The number of rotatable bonds is 5. The number of methoxy groups -OCH3 is 1. The van der Waals surface area contributed by atoms with Gasteiger partial charge in [0.2, 0.25) is 0 Å². The van der Waals surface area contributed by atoms with Crippen molar-refractivity contribution in [3.8, 4) is 16.9 Å². The first-order valence-corrected chi connectivity index (χ1v) is 9.68. The Morgan fingerprint density at radius 3 is 2.46 bits per heavy atom. The van der Waals surface area contributed by atoms with Crippen molar-refractivity contribution in [3.63, 3.8) is 0 Å². The molecular formula is C19H15ClFNO3S. The van der Waals surface area contributed by atoms with Crippen LogP contribution in [0.15, 0.2) is 65.8 Å². The first kappa shape index (κ1) is 18.4. The van der Waals surface area contributed by atoms with Crippen molar-refractivity contribution in [2.45, 2.75) is 10.6 Å². The van der Waals surface area contributed by atoms with E-state index in [0.29, 0.717) is 16.1 Å². The second-order valence-electron chi connectivity index (χ2n) is 5.64. The standard InChI is InChI=1S/C19H15ClFNO3S/c1-25-18-7-4-16(20)9-19(18)26(23,24)12-13-8-15(11-22-10-13)14-2-5-17(21)6-3-14/h2-11H,12H2,1H3. The molecule has 0 aliphatic rings. The Hall–Kier alpha value is -2.44. The van der Waals surface area contributed by atoms with Crippen LogP contribution >= 0.6 is 11.6 Å². The highest BCUT2D eigenvalue weighted by Gasteiger charge is 2.21. The SMILES string of the molecule is COc1ccc(Cl)cc1S(=O)(=O)Cc1cncc(-c2ccc(F)cc2)c1. The summed E-state index contributed by atoms with van der Waals surface area (Å²) in [6.45, 7) is 0. The van der Waals surface area contributed by atoms with Crippen molar-refractivity contribution in [1.82, 2.24) is 4.98 Å². The minimum atomic E-state index is -3.69. The zero-order chi connectivity index (χ0) is 18.7. The third kappa shape index (κ3) is 4.03. The molecule has 1 aromatic heterocycles. The molecule has 7 heteroatoms. The van der Waals surface area contributed by atoms with Crippen LogP contribution in [0, 0.1) is 5.82 Å². The molecule has 0 amide bonds. The zero-order valence-electron chi connectivity index (χ0n) is 13.8. The van der Waals surface area contributed by atoms with Gasteiger partial charge in [0.1, 0.15) is 16.5 Å². The summed E-state index contributed by atoms with van der Waals surface area (Å²) in [6.07, 6.45) is 3.09. The molecule has 0 saturated carbocycles. The number of aromatic nitrogens is 1. The van der Waals surface area contributed by atoms with E-state index in [1.54, 1.807) is 30.5 Å². The van der Waals surface area contributed by atoms with Gasteiger partial charge in [0.05, 0.1) is 12.9 Å². The fourth-order valence-corrected chi connectivity index (χ4v) is 4.31. The summed E-state index contributed by atoms with van der Waals surface area (Å²) in [6, 6.07) is 12.1. The maximum absolute atomic E-state index is 13.1. The number of halogens is 2. The molecule has 3 rings (SSSR count). The van der Waals surface area contributed by atoms with Crippen LogP contribution in [0.25, 0.3) is 11.1 Å². The van der Waals surface area contributed by atoms with Gasteiger partial charge in [-0.15, -0.1) is 0 Å². The van der Waals surface area contributed by atoms with Gasteiger partial charge in [-0.3, -0.25) is 4.98 Å². The molecule has 2 aromatic carbocycles. The van der Waals surface area contributed by atoms with Crippen molar-refractivity contribution in [2.24, 2.45) is 0 Å². The van der Waals surface area contributed by atoms with Gasteiger partial charge in [-0.25, -0.2) is 12.8 Å². The second kappa shape index (κ2) is 7.43. The van der Waals surface area contributed by atoms with Gasteiger partial charge in [0.15, 0.2) is 9.84 Å². The van der Waals surface area contributed by atoms with E-state index >= 15 is 0 Å². The van der Waals surface area contributed by atoms with Crippen molar-refractivity contribution in [3.05, 3.63) is 77.3 Å². The lowest BCUT2D eigenvalue weighted by Crippen LogP contribution is -2.07. The third-order valence-electron chi connectivity index (χ3n) is 3.79. The van der Waals surface area contributed by atoms with Crippen LogP contribution in [0.4, 0.5) is 4.39 Å². The van der Waals surface area contributed by atoms with E-state index in [1.807, 2.05) is 0 Å². The molecule has 0 spiro atoms. The molecule has 0 aliphatic carbocycles. The van der Waals surface area contributed by atoms with Gasteiger partial charge in [0, 0.05) is 23.0 Å². The van der Waals surface area contributed by atoms with Gasteiger partial charge in [0.25, 0.3) is 0 Å². The number of nitrogens with zero attached hydrogens (tertiary/aromatic N) is 1. The normalized spacial score (nSPS) is 11.3. The number of pyridine rings is 1. The molecule has 26 heavy (non-hydrogen) atoms. The molecule has 134 valence electrons. The Balaban J connectivity index is 1.95. The molecule has 3 aromatic rings. The minimum Gasteiger partial charge on any atom is -0.495 e. The van der Waals surface area contributed by atoms with Gasteiger partial charge >= 0.3 is 0 Å². The van der Waals surface area contributed by atoms with Crippen LogP contribution in [0.2, 0.25) is 5.02 Å². The maximum atomic E-state index is 13.1. The lowest BCUT2D eigenvalue weighted by molar-refractivity contribution is 0.402. The fourth-order valence-electron chi connectivity index (χ4n) is 2.56. The van der Waals surface area contributed by atoms with Crippen molar-refractivity contribution < 1.29 is 17.5 Å². The summed E-state index contributed by atoms with van der Waals surface area (Å²) in [5, 5.41) is 0.308. The molecule has 0 saturated heterocycles. The van der Waals surface area contributed by atoms with E-state index < -0.39 is 9.84 Å². The molecule has 1 heterocycles. The highest BCUT2D eigenvalue weighted by Crippen LogP contribution is 2.30. The quantitative estimate of drug-likeness (QED) is 0.641. The number of benzene rings is 2. The van der Waals surface area contributed by atoms with E-state index in [0.717, 1.165) is 5.56 Å². The number of hydrogen-bond acceptors (Lipinski definition) is 4. The molecule has 0 radical (unpaired) electrons. The van der Waals surface area contributed by atoms with E-state index in [1.165, 1.54) is 37.6 Å². The largest absolute Gasteiger partial charge is 0.495 e. The molecule has 0 aliphatic heterocycles. The van der Waals surface area contributed by atoms with Crippen molar-refractivity contribution in [2.75, 3.05) is 7.11 Å². The molecule has 0 unspecified atom stereocenters. The minimum absolute atomic E-state index is 0.0275. The van der Waals surface area contributed by atoms with Gasteiger partial charge in [-0.1, -0.05) is 23.7 Å². The average Bonchev–Trinajstić information content (AvgIpc) is 2.62. The Kier molecular flexibility index (Phi) is 5.25. The predicted octanol–water partition coefficient (Wildman–Crippen LogP) is 4.52. The first-order chi connectivity index (χ1) is 12.4. The molecular weight excluding hydrogens is 377 g/mol. The van der Waals surface area contributed by atoms with Crippen molar-refractivity contribution in [1.29, 1.82) is 0 Å². The Morgan fingerprint density at radius 2 is 1.77 bits per heavy atom. The Morgan fingerprint density at radius 1 is 1.04 bits per heavy atom. The smallest absolute Gasteiger partial charge is 0.186 e. The van der Waals surface area contributed by atoms with Crippen LogP contribution < -0.4 is 4.74 Å². The van der Waals surface area contributed by atoms with Gasteiger partial charge in [-0.2, -0.15) is 0 Å². The fraction of sp³-hybridized carbons (Fsp3) is 0.105. The molecule has 0 atom stereocenters. The Labute approximate surface area is 156 Å². The highest BCUT2D eigenvalue weighted by molar-refractivity contribution is 7.90. The van der Waals surface area contributed by atoms with E-state index in [2.05, 4.69) is 4.98 Å². The number of hydrogen-bond donors (Lipinski definition) is 0. The maximum Gasteiger partial charge on any atom is 0.186 e. The average molecular weight is 392 g/mol. The molecule has 0 bridgehead atoms. The van der Waals surface area contributed by atoms with Crippen LogP contribution in [0.1, 0.15) is 5.56 Å². The zero-order valence-corrected chi connectivity index (χ0v) is 15.4. The molecule has 0 N–H and O–H groups in total. The first-order valence-electron chi connectivity index (χ1n) is 7.65. The topological polar surface area (TPSA) is 56.3 Å². The summed E-state index contributed by atoms with van der Waals surface area (Å²) >= 11 is 5.94. The summed E-state index contributed by atoms with van der Waals surface area (Å²) in [5.74, 6) is -0.364. The van der Waals surface area contributed by atoms with Crippen LogP contribution in [-0.2, 0) is 15.6 Å². The summed E-state index contributed by atoms with van der Waals surface area (Å²) < 4.78 is 43.8. The van der Waals surface area contributed by atoms with Crippen molar-refractivity contribution >= 4 is 21.4 Å². The van der Waals surface area contributed by atoms with Gasteiger partial charge in [-0.05, 0) is 47.5 Å². The Bertz CT molecular complexity index is 1040.